The summed E-state index contributed by atoms with van der Waals surface area (Å²) >= 11 is 0. The largest absolute Gasteiger partial charge is 0.496 e. The van der Waals surface area contributed by atoms with Crippen molar-refractivity contribution in [2.24, 2.45) is 0 Å². The molecule has 1 N–H and O–H groups in total. The summed E-state index contributed by atoms with van der Waals surface area (Å²) in [5.41, 5.74) is 1.15. The van der Waals surface area contributed by atoms with Gasteiger partial charge < -0.3 is 14.8 Å². The van der Waals surface area contributed by atoms with Crippen molar-refractivity contribution in [2.45, 2.75) is 0 Å². The van der Waals surface area contributed by atoms with E-state index in [1.165, 1.54) is 7.11 Å². The monoisotopic (exact) mass is 233 g/mol. The molecule has 0 amide bonds. The molecule has 0 aliphatic rings. The SMILES string of the molecule is CNCC#Cc1cc(OC)c(C=O)cc1OC. The highest BCUT2D eigenvalue weighted by Gasteiger charge is 2.08. The van der Waals surface area contributed by atoms with Crippen molar-refractivity contribution in [3.05, 3.63) is 23.3 Å². The van der Waals surface area contributed by atoms with Crippen molar-refractivity contribution in [3.63, 3.8) is 0 Å². The van der Waals surface area contributed by atoms with Crippen LogP contribution in [0.4, 0.5) is 0 Å². The number of hydrogen-bond acceptors (Lipinski definition) is 4. The van der Waals surface area contributed by atoms with Crippen molar-refractivity contribution < 1.29 is 14.3 Å². The molecule has 0 aromatic heterocycles. The van der Waals surface area contributed by atoms with Crippen molar-refractivity contribution >= 4 is 6.29 Å². The van der Waals surface area contributed by atoms with Crippen LogP contribution >= 0.6 is 0 Å². The molecule has 0 fully saturated rings. The third kappa shape index (κ3) is 3.23. The molecule has 90 valence electrons. The van der Waals surface area contributed by atoms with Crippen molar-refractivity contribution in [1.82, 2.24) is 5.32 Å². The first-order chi connectivity index (χ1) is 8.26. The standard InChI is InChI=1S/C13H15NO3/c1-14-6-4-5-10-7-13(17-3)11(9-15)8-12(10)16-2/h7-9,14H,6H2,1-3H3. The lowest BCUT2D eigenvalue weighted by molar-refractivity contribution is 0.112. The summed E-state index contributed by atoms with van der Waals surface area (Å²) in [6.45, 7) is 0.584. The number of rotatable bonds is 4. The molecule has 0 saturated carbocycles. The van der Waals surface area contributed by atoms with Crippen molar-refractivity contribution in [3.8, 4) is 23.3 Å². The lowest BCUT2D eigenvalue weighted by Crippen LogP contribution is -2.04. The quantitative estimate of drug-likeness (QED) is 0.624. The van der Waals surface area contributed by atoms with E-state index in [0.29, 0.717) is 29.2 Å². The van der Waals surface area contributed by atoms with Crippen LogP contribution < -0.4 is 14.8 Å². The fourth-order valence-corrected chi connectivity index (χ4v) is 1.34. The Morgan fingerprint density at radius 3 is 2.53 bits per heavy atom. The first-order valence-corrected chi connectivity index (χ1v) is 5.11. The molecule has 0 aliphatic heterocycles. The smallest absolute Gasteiger partial charge is 0.153 e. The average molecular weight is 233 g/mol. The lowest BCUT2D eigenvalue weighted by Gasteiger charge is -2.08. The third-order valence-corrected chi connectivity index (χ3v) is 2.17. The zero-order valence-electron chi connectivity index (χ0n) is 10.2. The summed E-state index contributed by atoms with van der Waals surface area (Å²) in [6.07, 6.45) is 0.728. The van der Waals surface area contributed by atoms with E-state index in [9.17, 15) is 4.79 Å². The van der Waals surface area contributed by atoms with Crippen LogP contribution in [0.2, 0.25) is 0 Å². The van der Waals surface area contributed by atoms with E-state index in [1.807, 2.05) is 7.05 Å². The average Bonchev–Trinajstić information content (AvgIpc) is 2.38. The Morgan fingerprint density at radius 1 is 1.29 bits per heavy atom. The van der Waals surface area contributed by atoms with E-state index in [4.69, 9.17) is 9.47 Å². The molecule has 4 nitrogen and oxygen atoms in total. The Bertz CT molecular complexity index is 458. The van der Waals surface area contributed by atoms with E-state index < -0.39 is 0 Å². The molecule has 4 heteroatoms. The summed E-state index contributed by atoms with van der Waals surface area (Å²) < 4.78 is 10.3. The molecular weight excluding hydrogens is 218 g/mol. The number of nitrogens with one attached hydrogen (secondary N) is 1. The van der Waals surface area contributed by atoms with Gasteiger partial charge in [-0.15, -0.1) is 0 Å². The van der Waals surface area contributed by atoms with Gasteiger partial charge in [0.2, 0.25) is 0 Å². The van der Waals surface area contributed by atoms with Gasteiger partial charge in [0.25, 0.3) is 0 Å². The number of ether oxygens (including phenoxy) is 2. The third-order valence-electron chi connectivity index (χ3n) is 2.17. The molecule has 0 aliphatic carbocycles. The van der Waals surface area contributed by atoms with Gasteiger partial charge in [-0.25, -0.2) is 0 Å². The Labute approximate surface area is 101 Å². The highest BCUT2D eigenvalue weighted by Crippen LogP contribution is 2.27. The summed E-state index contributed by atoms with van der Waals surface area (Å²) in [7, 11) is 4.88. The molecule has 0 spiro atoms. The fourth-order valence-electron chi connectivity index (χ4n) is 1.34. The van der Waals surface area contributed by atoms with E-state index in [1.54, 1.807) is 19.2 Å². The second-order valence-corrected chi connectivity index (χ2v) is 3.24. The zero-order chi connectivity index (χ0) is 12.7. The van der Waals surface area contributed by atoms with E-state index >= 15 is 0 Å². The number of aldehydes is 1. The van der Waals surface area contributed by atoms with Crippen molar-refractivity contribution in [2.75, 3.05) is 27.8 Å². The number of benzene rings is 1. The highest BCUT2D eigenvalue weighted by molar-refractivity contribution is 5.81. The first-order valence-electron chi connectivity index (χ1n) is 5.11. The second kappa shape index (κ2) is 6.56. The molecule has 0 radical (unpaired) electrons. The Morgan fingerprint density at radius 2 is 2.00 bits per heavy atom. The molecule has 0 atom stereocenters. The summed E-state index contributed by atoms with van der Waals surface area (Å²) in [6, 6.07) is 3.32. The van der Waals surface area contributed by atoms with Gasteiger partial charge in [0, 0.05) is 6.07 Å². The summed E-state index contributed by atoms with van der Waals surface area (Å²) in [5, 5.41) is 2.92. The van der Waals surface area contributed by atoms with Crippen LogP contribution in [0.15, 0.2) is 12.1 Å². The molecule has 1 aromatic carbocycles. The number of carbonyl (C=O) groups is 1. The Kier molecular flexibility index (Phi) is 5.05. The maximum atomic E-state index is 10.8. The number of hydrogen-bond donors (Lipinski definition) is 1. The van der Waals surface area contributed by atoms with Gasteiger partial charge in [-0.2, -0.15) is 0 Å². The van der Waals surface area contributed by atoms with Gasteiger partial charge in [0.05, 0.1) is 31.9 Å². The van der Waals surface area contributed by atoms with Gasteiger partial charge in [-0.05, 0) is 13.1 Å². The predicted molar refractivity (Wildman–Crippen MR) is 65.7 cm³/mol. The zero-order valence-corrected chi connectivity index (χ0v) is 10.2. The van der Waals surface area contributed by atoms with E-state index in [-0.39, 0.29) is 0 Å². The molecule has 0 unspecified atom stereocenters. The van der Waals surface area contributed by atoms with Crippen LogP contribution in [0.25, 0.3) is 0 Å². The lowest BCUT2D eigenvalue weighted by atomic mass is 10.1. The first kappa shape index (κ1) is 13.1. The highest BCUT2D eigenvalue weighted by atomic mass is 16.5. The molecule has 0 saturated heterocycles. The molecule has 1 aromatic rings. The second-order valence-electron chi connectivity index (χ2n) is 3.24. The minimum absolute atomic E-state index is 0.448. The van der Waals surface area contributed by atoms with E-state index in [0.717, 1.165) is 6.29 Å². The molecular formula is C13H15NO3. The van der Waals surface area contributed by atoms with Crippen LogP contribution in [0.1, 0.15) is 15.9 Å². The predicted octanol–water partition coefficient (Wildman–Crippen LogP) is 1.09. The normalized spacial score (nSPS) is 9.12. The molecule has 17 heavy (non-hydrogen) atoms. The van der Waals surface area contributed by atoms with Crippen LogP contribution in [-0.4, -0.2) is 34.1 Å². The van der Waals surface area contributed by atoms with E-state index in [2.05, 4.69) is 17.2 Å². The van der Waals surface area contributed by atoms with Crippen molar-refractivity contribution in [1.29, 1.82) is 0 Å². The van der Waals surface area contributed by atoms with Crippen LogP contribution in [0.5, 0.6) is 11.5 Å². The molecule has 0 bridgehead atoms. The Hall–Kier alpha value is -1.99. The van der Waals surface area contributed by atoms with Gasteiger partial charge in [0.1, 0.15) is 11.5 Å². The number of methoxy groups -OCH3 is 2. The topological polar surface area (TPSA) is 47.6 Å². The maximum absolute atomic E-state index is 10.8. The van der Waals surface area contributed by atoms with Crippen LogP contribution in [-0.2, 0) is 0 Å². The van der Waals surface area contributed by atoms with Gasteiger partial charge in [-0.1, -0.05) is 11.8 Å². The van der Waals surface area contributed by atoms with Gasteiger partial charge in [-0.3, -0.25) is 4.79 Å². The maximum Gasteiger partial charge on any atom is 0.153 e. The molecule has 1 rings (SSSR count). The summed E-state index contributed by atoms with van der Waals surface area (Å²) in [5.74, 6) is 6.95. The Balaban J connectivity index is 3.20. The van der Waals surface area contributed by atoms with Crippen LogP contribution in [0.3, 0.4) is 0 Å². The fraction of sp³-hybridized carbons (Fsp3) is 0.308. The van der Waals surface area contributed by atoms with Gasteiger partial charge >= 0.3 is 0 Å². The molecule has 0 heterocycles. The minimum Gasteiger partial charge on any atom is -0.496 e. The number of carbonyl (C=O) groups excluding carboxylic acids is 1. The van der Waals surface area contributed by atoms with Gasteiger partial charge in [0.15, 0.2) is 6.29 Å². The minimum atomic E-state index is 0.448. The summed E-state index contributed by atoms with van der Waals surface area (Å²) in [4.78, 5) is 10.8. The van der Waals surface area contributed by atoms with Crippen LogP contribution in [0, 0.1) is 11.8 Å².